The van der Waals surface area contributed by atoms with E-state index < -0.39 is 0 Å². The van der Waals surface area contributed by atoms with Crippen molar-refractivity contribution in [3.05, 3.63) is 11.6 Å². The van der Waals surface area contributed by atoms with Gasteiger partial charge in [0.05, 0.1) is 0 Å². The van der Waals surface area contributed by atoms with Gasteiger partial charge < -0.3 is 5.32 Å². The Hall–Kier alpha value is 0.0500. The number of allylic oxidation sites excluding steroid dienone is 1. The molecule has 0 heterocycles. The molecule has 0 aromatic heterocycles. The fourth-order valence-corrected chi connectivity index (χ4v) is 1.78. The molecule has 0 saturated carbocycles. The normalized spacial score (nSPS) is 12.6. The minimum absolute atomic E-state index is 0.648. The highest BCUT2D eigenvalue weighted by Gasteiger charge is 1.98. The maximum Gasteiger partial charge on any atom is 0.0139 e. The van der Waals surface area contributed by atoms with Gasteiger partial charge >= 0.3 is 0 Å². The SMILES string of the molecule is CCSCCC(C)NCC=C(C)C. The van der Waals surface area contributed by atoms with Crippen LogP contribution in [0.2, 0.25) is 0 Å². The van der Waals surface area contributed by atoms with Crippen molar-refractivity contribution in [2.24, 2.45) is 0 Å². The Morgan fingerprint density at radius 3 is 2.69 bits per heavy atom. The quantitative estimate of drug-likeness (QED) is 0.502. The van der Waals surface area contributed by atoms with Crippen molar-refractivity contribution < 1.29 is 0 Å². The molecule has 0 saturated heterocycles. The molecule has 0 aromatic rings. The van der Waals surface area contributed by atoms with Crippen LogP contribution in [0.15, 0.2) is 11.6 Å². The van der Waals surface area contributed by atoms with Gasteiger partial charge in [-0.2, -0.15) is 11.8 Å². The van der Waals surface area contributed by atoms with E-state index in [4.69, 9.17) is 0 Å². The Labute approximate surface area is 87.4 Å². The number of thioether (sulfide) groups is 1. The van der Waals surface area contributed by atoms with Gasteiger partial charge in [0, 0.05) is 12.6 Å². The van der Waals surface area contributed by atoms with Gasteiger partial charge in [0.25, 0.3) is 0 Å². The molecule has 0 aromatic carbocycles. The molecule has 13 heavy (non-hydrogen) atoms. The molecule has 0 spiro atoms. The van der Waals surface area contributed by atoms with E-state index in [1.54, 1.807) is 0 Å². The third-order valence-electron chi connectivity index (χ3n) is 1.88. The molecule has 0 rings (SSSR count). The number of hydrogen-bond donors (Lipinski definition) is 1. The zero-order chi connectivity index (χ0) is 10.1. The van der Waals surface area contributed by atoms with Gasteiger partial charge in [-0.25, -0.2) is 0 Å². The summed E-state index contributed by atoms with van der Waals surface area (Å²) in [7, 11) is 0. The molecule has 0 aliphatic heterocycles. The summed E-state index contributed by atoms with van der Waals surface area (Å²) in [6.07, 6.45) is 3.51. The highest BCUT2D eigenvalue weighted by molar-refractivity contribution is 7.99. The molecule has 78 valence electrons. The highest BCUT2D eigenvalue weighted by Crippen LogP contribution is 2.03. The van der Waals surface area contributed by atoms with Crippen molar-refractivity contribution in [1.82, 2.24) is 5.32 Å². The molecule has 0 aliphatic rings. The van der Waals surface area contributed by atoms with Gasteiger partial charge in [0.1, 0.15) is 0 Å². The van der Waals surface area contributed by atoms with Crippen LogP contribution in [0.25, 0.3) is 0 Å². The average Bonchev–Trinajstić information content (AvgIpc) is 2.04. The molecular weight excluding hydrogens is 178 g/mol. The van der Waals surface area contributed by atoms with Gasteiger partial charge in [-0.3, -0.25) is 0 Å². The molecule has 0 amide bonds. The Balaban J connectivity index is 3.30. The second-order valence-electron chi connectivity index (χ2n) is 3.58. The first-order chi connectivity index (χ1) is 6.16. The monoisotopic (exact) mass is 201 g/mol. The van der Waals surface area contributed by atoms with Crippen LogP contribution in [-0.4, -0.2) is 24.1 Å². The van der Waals surface area contributed by atoms with Crippen LogP contribution >= 0.6 is 11.8 Å². The predicted octanol–water partition coefficient (Wildman–Crippen LogP) is 3.07. The molecular formula is C11H23NS. The summed E-state index contributed by atoms with van der Waals surface area (Å²) in [5.74, 6) is 2.51. The van der Waals surface area contributed by atoms with Crippen molar-refractivity contribution >= 4 is 11.8 Å². The lowest BCUT2D eigenvalue weighted by Crippen LogP contribution is -2.26. The zero-order valence-electron chi connectivity index (χ0n) is 9.39. The average molecular weight is 201 g/mol. The van der Waals surface area contributed by atoms with Crippen LogP contribution < -0.4 is 5.32 Å². The van der Waals surface area contributed by atoms with Gasteiger partial charge in [-0.15, -0.1) is 0 Å². The minimum atomic E-state index is 0.648. The number of hydrogen-bond acceptors (Lipinski definition) is 2. The first kappa shape index (κ1) is 13.1. The molecule has 1 unspecified atom stereocenters. The third-order valence-corrected chi connectivity index (χ3v) is 2.81. The van der Waals surface area contributed by atoms with Gasteiger partial charge in [0.2, 0.25) is 0 Å². The predicted molar refractivity (Wildman–Crippen MR) is 64.5 cm³/mol. The van der Waals surface area contributed by atoms with Crippen LogP contribution in [0.3, 0.4) is 0 Å². The van der Waals surface area contributed by atoms with Crippen LogP contribution in [0.4, 0.5) is 0 Å². The van der Waals surface area contributed by atoms with E-state index in [1.807, 2.05) is 11.8 Å². The summed E-state index contributed by atoms with van der Waals surface area (Å²) >= 11 is 2.02. The van der Waals surface area contributed by atoms with E-state index in [2.05, 4.69) is 39.1 Å². The van der Waals surface area contributed by atoms with E-state index in [1.165, 1.54) is 23.5 Å². The van der Waals surface area contributed by atoms with Crippen molar-refractivity contribution in [3.8, 4) is 0 Å². The molecule has 1 atom stereocenters. The number of nitrogens with one attached hydrogen (secondary N) is 1. The minimum Gasteiger partial charge on any atom is -0.311 e. The largest absolute Gasteiger partial charge is 0.311 e. The zero-order valence-corrected chi connectivity index (χ0v) is 10.2. The molecule has 0 radical (unpaired) electrons. The smallest absolute Gasteiger partial charge is 0.0139 e. The molecule has 2 heteroatoms. The number of rotatable bonds is 7. The maximum absolute atomic E-state index is 3.48. The summed E-state index contributed by atoms with van der Waals surface area (Å²) in [6, 6.07) is 0.648. The Kier molecular flexibility index (Phi) is 8.67. The summed E-state index contributed by atoms with van der Waals surface area (Å²) in [4.78, 5) is 0. The van der Waals surface area contributed by atoms with Crippen LogP contribution in [0, 0.1) is 0 Å². The van der Waals surface area contributed by atoms with E-state index >= 15 is 0 Å². The third kappa shape index (κ3) is 9.97. The standard InChI is InChI=1S/C11H23NS/c1-5-13-9-7-11(4)12-8-6-10(2)3/h6,11-12H,5,7-9H2,1-4H3. The van der Waals surface area contributed by atoms with Crippen LogP contribution in [0.5, 0.6) is 0 Å². The second-order valence-corrected chi connectivity index (χ2v) is 4.97. The van der Waals surface area contributed by atoms with Crippen molar-refractivity contribution in [1.29, 1.82) is 0 Å². The molecule has 0 bridgehead atoms. The first-order valence-electron chi connectivity index (χ1n) is 5.11. The van der Waals surface area contributed by atoms with Crippen LogP contribution in [-0.2, 0) is 0 Å². The topological polar surface area (TPSA) is 12.0 Å². The summed E-state index contributed by atoms with van der Waals surface area (Å²) in [5, 5.41) is 3.48. The first-order valence-corrected chi connectivity index (χ1v) is 6.26. The molecule has 0 aliphatic carbocycles. The lowest BCUT2D eigenvalue weighted by Gasteiger charge is -2.11. The lowest BCUT2D eigenvalue weighted by atomic mass is 10.2. The van der Waals surface area contributed by atoms with Crippen molar-refractivity contribution in [2.75, 3.05) is 18.1 Å². The summed E-state index contributed by atoms with van der Waals surface area (Å²) < 4.78 is 0. The Bertz CT molecular complexity index is 139. The molecule has 0 fully saturated rings. The fraction of sp³-hybridized carbons (Fsp3) is 0.818. The van der Waals surface area contributed by atoms with E-state index in [-0.39, 0.29) is 0 Å². The summed E-state index contributed by atoms with van der Waals surface area (Å²) in [5.41, 5.74) is 1.39. The second kappa shape index (κ2) is 8.64. The molecule has 1 nitrogen and oxygen atoms in total. The van der Waals surface area contributed by atoms with E-state index in [9.17, 15) is 0 Å². The van der Waals surface area contributed by atoms with Gasteiger partial charge in [-0.05, 0) is 38.7 Å². The van der Waals surface area contributed by atoms with Crippen LogP contribution in [0.1, 0.15) is 34.1 Å². The Morgan fingerprint density at radius 1 is 1.46 bits per heavy atom. The molecule has 1 N–H and O–H groups in total. The van der Waals surface area contributed by atoms with Gasteiger partial charge in [0.15, 0.2) is 0 Å². The van der Waals surface area contributed by atoms with Gasteiger partial charge in [-0.1, -0.05) is 18.6 Å². The highest BCUT2D eigenvalue weighted by atomic mass is 32.2. The van der Waals surface area contributed by atoms with E-state index in [0.717, 1.165) is 6.54 Å². The fourth-order valence-electron chi connectivity index (χ4n) is 0.971. The van der Waals surface area contributed by atoms with E-state index in [0.29, 0.717) is 6.04 Å². The van der Waals surface area contributed by atoms with Crippen molar-refractivity contribution in [3.63, 3.8) is 0 Å². The lowest BCUT2D eigenvalue weighted by molar-refractivity contribution is 0.570. The van der Waals surface area contributed by atoms with Crippen molar-refractivity contribution in [2.45, 2.75) is 40.2 Å². The Morgan fingerprint density at radius 2 is 2.15 bits per heavy atom. The summed E-state index contributed by atoms with van der Waals surface area (Å²) in [6.45, 7) is 9.76. The maximum atomic E-state index is 3.48.